The zero-order valence-electron chi connectivity index (χ0n) is 11.5. The summed E-state index contributed by atoms with van der Waals surface area (Å²) in [4.78, 5) is 0.156. The number of anilines is 1. The second-order valence-electron chi connectivity index (χ2n) is 4.36. The maximum Gasteiger partial charge on any atom is 0.242 e. The maximum atomic E-state index is 12.1. The number of sulfonamides is 1. The molecule has 0 aromatic heterocycles. The molecule has 0 spiro atoms. The second kappa shape index (κ2) is 7.47. The van der Waals surface area contributed by atoms with Crippen LogP contribution in [0, 0.1) is 6.92 Å². The van der Waals surface area contributed by atoms with Crippen molar-refractivity contribution >= 4 is 15.7 Å². The van der Waals surface area contributed by atoms with Crippen LogP contribution >= 0.6 is 0 Å². The van der Waals surface area contributed by atoms with Gasteiger partial charge in [0, 0.05) is 13.2 Å². The third kappa shape index (κ3) is 4.81. The van der Waals surface area contributed by atoms with Crippen molar-refractivity contribution in [1.82, 2.24) is 4.72 Å². The molecule has 3 N–H and O–H groups in total. The fourth-order valence-corrected chi connectivity index (χ4v) is 3.08. The minimum atomic E-state index is -3.57. The number of rotatable bonds is 8. The number of hydrogen-bond acceptors (Lipinski definition) is 4. The highest BCUT2D eigenvalue weighted by atomic mass is 32.2. The molecule has 0 heterocycles. The predicted molar refractivity (Wildman–Crippen MR) is 76.5 cm³/mol. The molecule has 1 rings (SSSR count). The summed E-state index contributed by atoms with van der Waals surface area (Å²) in [5.74, 6) is 0. The molecule has 0 aliphatic heterocycles. The minimum absolute atomic E-state index is 0.156. The van der Waals surface area contributed by atoms with Gasteiger partial charge in [-0.2, -0.15) is 0 Å². The molecule has 0 atom stereocenters. The highest BCUT2D eigenvalue weighted by Crippen LogP contribution is 2.21. The van der Waals surface area contributed by atoms with Crippen LogP contribution in [0.2, 0.25) is 0 Å². The monoisotopic (exact) mass is 286 g/mol. The van der Waals surface area contributed by atoms with E-state index in [0.29, 0.717) is 18.8 Å². The van der Waals surface area contributed by atoms with E-state index in [2.05, 4.69) is 11.6 Å². The molecular formula is C13H22N2O3S. The van der Waals surface area contributed by atoms with E-state index in [0.717, 1.165) is 12.8 Å². The molecule has 0 saturated carbocycles. The van der Waals surface area contributed by atoms with Gasteiger partial charge in [-0.25, -0.2) is 13.1 Å². The molecule has 19 heavy (non-hydrogen) atoms. The number of hydrogen-bond donors (Lipinski definition) is 2. The molecule has 0 aliphatic carbocycles. The summed E-state index contributed by atoms with van der Waals surface area (Å²) >= 11 is 0. The van der Waals surface area contributed by atoms with Gasteiger partial charge >= 0.3 is 0 Å². The van der Waals surface area contributed by atoms with Gasteiger partial charge in [-0.15, -0.1) is 0 Å². The normalized spacial score (nSPS) is 11.7. The van der Waals surface area contributed by atoms with E-state index in [1.54, 1.807) is 25.1 Å². The van der Waals surface area contributed by atoms with Crippen molar-refractivity contribution in [2.75, 3.05) is 25.5 Å². The van der Waals surface area contributed by atoms with Crippen LogP contribution in [-0.2, 0) is 14.8 Å². The summed E-state index contributed by atoms with van der Waals surface area (Å²) in [6.07, 6.45) is 2.04. The van der Waals surface area contributed by atoms with E-state index in [4.69, 9.17) is 10.5 Å². The van der Waals surface area contributed by atoms with Gasteiger partial charge in [-0.05, 0) is 25.0 Å². The molecule has 1 aromatic rings. The largest absolute Gasteiger partial charge is 0.398 e. The number of benzene rings is 1. The van der Waals surface area contributed by atoms with Gasteiger partial charge in [0.05, 0.1) is 12.3 Å². The summed E-state index contributed by atoms with van der Waals surface area (Å²) < 4.78 is 32.0. The van der Waals surface area contributed by atoms with Crippen molar-refractivity contribution in [3.05, 3.63) is 23.8 Å². The van der Waals surface area contributed by atoms with Crippen LogP contribution in [0.3, 0.4) is 0 Å². The molecule has 6 heteroatoms. The summed E-state index contributed by atoms with van der Waals surface area (Å²) in [5.41, 5.74) is 6.63. The predicted octanol–water partition coefficient (Wildman–Crippen LogP) is 1.67. The van der Waals surface area contributed by atoms with Gasteiger partial charge < -0.3 is 10.5 Å². The van der Waals surface area contributed by atoms with E-state index in [1.165, 1.54) is 0 Å². The quantitative estimate of drug-likeness (QED) is 0.562. The molecule has 0 radical (unpaired) electrons. The van der Waals surface area contributed by atoms with Crippen molar-refractivity contribution in [3.8, 4) is 0 Å². The topological polar surface area (TPSA) is 81.4 Å². The average molecular weight is 286 g/mol. The lowest BCUT2D eigenvalue weighted by Crippen LogP contribution is -2.28. The van der Waals surface area contributed by atoms with Crippen LogP contribution in [0.5, 0.6) is 0 Å². The van der Waals surface area contributed by atoms with E-state index in [1.807, 2.05) is 0 Å². The zero-order chi connectivity index (χ0) is 14.3. The smallest absolute Gasteiger partial charge is 0.242 e. The molecule has 0 unspecified atom stereocenters. The summed E-state index contributed by atoms with van der Waals surface area (Å²) in [6, 6.07) is 5.04. The second-order valence-corrected chi connectivity index (χ2v) is 6.06. The van der Waals surface area contributed by atoms with Crippen LogP contribution in [-0.4, -0.2) is 28.2 Å². The molecular weight excluding hydrogens is 264 g/mol. The molecule has 1 aromatic carbocycles. The Balaban J connectivity index is 2.57. The number of nitrogen functional groups attached to an aromatic ring is 1. The van der Waals surface area contributed by atoms with Crippen molar-refractivity contribution in [2.24, 2.45) is 0 Å². The molecule has 0 aliphatic rings. The number of aryl methyl sites for hydroxylation is 1. The first-order chi connectivity index (χ1) is 8.99. The van der Waals surface area contributed by atoms with E-state index in [9.17, 15) is 8.42 Å². The van der Waals surface area contributed by atoms with Gasteiger partial charge in [0.25, 0.3) is 0 Å². The average Bonchev–Trinajstić information content (AvgIpc) is 2.33. The highest BCUT2D eigenvalue weighted by molar-refractivity contribution is 7.89. The van der Waals surface area contributed by atoms with Crippen LogP contribution in [0.4, 0.5) is 5.69 Å². The standard InChI is InChI=1S/C13H22N2O3S/c1-3-4-9-18-10-8-15-19(16,17)13-11(2)6-5-7-12(13)14/h5-7,15H,3-4,8-10,14H2,1-2H3. The Morgan fingerprint density at radius 1 is 1.32 bits per heavy atom. The zero-order valence-corrected chi connectivity index (χ0v) is 12.3. The number of unbranched alkanes of at least 4 members (excludes halogenated alkanes) is 1. The molecule has 108 valence electrons. The Morgan fingerprint density at radius 3 is 2.68 bits per heavy atom. The van der Waals surface area contributed by atoms with Crippen LogP contribution < -0.4 is 10.5 Å². The molecule has 5 nitrogen and oxygen atoms in total. The molecule has 0 saturated heterocycles. The third-order valence-electron chi connectivity index (χ3n) is 2.69. The Labute approximate surface area is 115 Å². The van der Waals surface area contributed by atoms with Crippen molar-refractivity contribution in [3.63, 3.8) is 0 Å². The maximum absolute atomic E-state index is 12.1. The SMILES string of the molecule is CCCCOCCNS(=O)(=O)c1c(C)cccc1N. The van der Waals surface area contributed by atoms with E-state index >= 15 is 0 Å². The Morgan fingerprint density at radius 2 is 2.05 bits per heavy atom. The molecule has 0 bridgehead atoms. The minimum Gasteiger partial charge on any atom is -0.398 e. The first-order valence-electron chi connectivity index (χ1n) is 6.41. The van der Waals surface area contributed by atoms with Gasteiger partial charge in [0.1, 0.15) is 4.90 Å². The summed E-state index contributed by atoms with van der Waals surface area (Å²) in [6.45, 7) is 5.07. The van der Waals surface area contributed by atoms with Crippen LogP contribution in [0.1, 0.15) is 25.3 Å². The van der Waals surface area contributed by atoms with Crippen molar-refractivity contribution < 1.29 is 13.2 Å². The lowest BCUT2D eigenvalue weighted by molar-refractivity contribution is 0.136. The van der Waals surface area contributed by atoms with Gasteiger partial charge in [-0.1, -0.05) is 25.5 Å². The molecule has 0 fully saturated rings. The van der Waals surface area contributed by atoms with Crippen molar-refractivity contribution in [2.45, 2.75) is 31.6 Å². The van der Waals surface area contributed by atoms with Gasteiger partial charge in [-0.3, -0.25) is 0 Å². The molecule has 0 amide bonds. The first-order valence-corrected chi connectivity index (χ1v) is 7.90. The number of ether oxygens (including phenoxy) is 1. The van der Waals surface area contributed by atoms with E-state index < -0.39 is 10.0 Å². The lowest BCUT2D eigenvalue weighted by Gasteiger charge is -2.11. The van der Waals surface area contributed by atoms with Gasteiger partial charge in [0.2, 0.25) is 10.0 Å². The van der Waals surface area contributed by atoms with Crippen LogP contribution in [0.15, 0.2) is 23.1 Å². The Kier molecular flexibility index (Phi) is 6.27. The first kappa shape index (κ1) is 15.9. The van der Waals surface area contributed by atoms with Crippen molar-refractivity contribution in [1.29, 1.82) is 0 Å². The van der Waals surface area contributed by atoms with Crippen LogP contribution in [0.25, 0.3) is 0 Å². The van der Waals surface area contributed by atoms with E-state index in [-0.39, 0.29) is 17.1 Å². The Hall–Kier alpha value is -1.11. The Bertz CT molecular complexity index is 480. The highest BCUT2D eigenvalue weighted by Gasteiger charge is 2.18. The van der Waals surface area contributed by atoms with Gasteiger partial charge in [0.15, 0.2) is 0 Å². The lowest BCUT2D eigenvalue weighted by atomic mass is 10.2. The third-order valence-corrected chi connectivity index (χ3v) is 4.37. The summed E-state index contributed by atoms with van der Waals surface area (Å²) in [7, 11) is -3.57. The fraction of sp³-hybridized carbons (Fsp3) is 0.538. The fourth-order valence-electron chi connectivity index (χ4n) is 1.71. The number of nitrogens with one attached hydrogen (secondary N) is 1. The summed E-state index contributed by atoms with van der Waals surface area (Å²) in [5, 5.41) is 0. The number of nitrogens with two attached hydrogens (primary N) is 1.